The standard InChI is InChI=1S/C12H13ClN2O3S2/c1-8-11(19-12(13)14-8)20(16,17)15-10-5-3-4-9(6-10)7-18-2/h3-6,15H,7H2,1-2H3. The Balaban J connectivity index is 2.28. The van der Waals surface area contributed by atoms with E-state index in [1.165, 1.54) is 0 Å². The van der Waals surface area contributed by atoms with E-state index in [9.17, 15) is 8.42 Å². The second-order valence-electron chi connectivity index (χ2n) is 4.08. The molecule has 0 aliphatic heterocycles. The zero-order valence-corrected chi connectivity index (χ0v) is 13.3. The number of methoxy groups -OCH3 is 1. The van der Waals surface area contributed by atoms with Crippen molar-refractivity contribution in [1.29, 1.82) is 0 Å². The van der Waals surface area contributed by atoms with Crippen LogP contribution in [0.3, 0.4) is 0 Å². The van der Waals surface area contributed by atoms with E-state index in [1.807, 2.05) is 6.07 Å². The number of anilines is 1. The SMILES string of the molecule is COCc1cccc(NS(=O)(=O)c2sc(Cl)nc2C)c1. The van der Waals surface area contributed by atoms with E-state index in [-0.39, 0.29) is 8.68 Å². The van der Waals surface area contributed by atoms with Gasteiger partial charge in [-0.2, -0.15) is 0 Å². The summed E-state index contributed by atoms with van der Waals surface area (Å²) in [4.78, 5) is 3.91. The second kappa shape index (κ2) is 6.09. The summed E-state index contributed by atoms with van der Waals surface area (Å²) in [5, 5.41) is 0. The molecule has 0 saturated carbocycles. The highest BCUT2D eigenvalue weighted by atomic mass is 35.5. The van der Waals surface area contributed by atoms with Crippen molar-refractivity contribution in [1.82, 2.24) is 4.98 Å². The summed E-state index contributed by atoms with van der Waals surface area (Å²) < 4.78 is 32.4. The molecule has 0 unspecified atom stereocenters. The molecule has 0 atom stereocenters. The summed E-state index contributed by atoms with van der Waals surface area (Å²) in [6.07, 6.45) is 0. The van der Waals surface area contributed by atoms with E-state index in [0.717, 1.165) is 16.9 Å². The number of nitrogens with one attached hydrogen (secondary N) is 1. The van der Waals surface area contributed by atoms with E-state index in [0.29, 0.717) is 18.0 Å². The van der Waals surface area contributed by atoms with Gasteiger partial charge in [0.25, 0.3) is 10.0 Å². The molecule has 5 nitrogen and oxygen atoms in total. The van der Waals surface area contributed by atoms with Gasteiger partial charge in [-0.3, -0.25) is 4.72 Å². The van der Waals surface area contributed by atoms with E-state index in [2.05, 4.69) is 9.71 Å². The number of thiazole rings is 1. The Labute approximate surface area is 126 Å². The minimum atomic E-state index is -3.67. The van der Waals surface area contributed by atoms with Crippen LogP contribution in [0.25, 0.3) is 0 Å². The van der Waals surface area contributed by atoms with Gasteiger partial charge in [-0.05, 0) is 24.6 Å². The fraction of sp³-hybridized carbons (Fsp3) is 0.250. The van der Waals surface area contributed by atoms with Gasteiger partial charge in [0.05, 0.1) is 12.3 Å². The van der Waals surface area contributed by atoms with Gasteiger partial charge < -0.3 is 4.74 Å². The highest BCUT2D eigenvalue weighted by Crippen LogP contribution is 2.28. The number of sulfonamides is 1. The number of ether oxygens (including phenoxy) is 1. The van der Waals surface area contributed by atoms with E-state index < -0.39 is 10.0 Å². The van der Waals surface area contributed by atoms with Crippen molar-refractivity contribution >= 4 is 38.6 Å². The molecule has 1 aromatic carbocycles. The van der Waals surface area contributed by atoms with Crippen molar-refractivity contribution in [2.45, 2.75) is 17.7 Å². The fourth-order valence-corrected chi connectivity index (χ4v) is 4.48. The maximum absolute atomic E-state index is 12.3. The van der Waals surface area contributed by atoms with Gasteiger partial charge >= 0.3 is 0 Å². The highest BCUT2D eigenvalue weighted by Gasteiger charge is 2.21. The van der Waals surface area contributed by atoms with Gasteiger partial charge in [0.1, 0.15) is 0 Å². The van der Waals surface area contributed by atoms with Gasteiger partial charge in [-0.15, -0.1) is 0 Å². The largest absolute Gasteiger partial charge is 0.380 e. The third kappa shape index (κ3) is 3.49. The number of aryl methyl sites for hydroxylation is 1. The first-order valence-electron chi connectivity index (χ1n) is 5.66. The first kappa shape index (κ1) is 15.2. The lowest BCUT2D eigenvalue weighted by molar-refractivity contribution is 0.185. The van der Waals surface area contributed by atoms with Crippen molar-refractivity contribution < 1.29 is 13.2 Å². The molecule has 20 heavy (non-hydrogen) atoms. The Morgan fingerprint density at radius 3 is 2.80 bits per heavy atom. The molecule has 2 aromatic rings. The third-order valence-corrected chi connectivity index (χ3v) is 5.71. The summed E-state index contributed by atoms with van der Waals surface area (Å²) in [5.41, 5.74) is 1.75. The quantitative estimate of drug-likeness (QED) is 0.913. The average molecular weight is 333 g/mol. The van der Waals surface area contributed by atoms with Gasteiger partial charge in [-0.1, -0.05) is 35.1 Å². The van der Waals surface area contributed by atoms with Gasteiger partial charge in [0.15, 0.2) is 8.68 Å². The summed E-state index contributed by atoms with van der Waals surface area (Å²) in [6.45, 7) is 2.03. The summed E-state index contributed by atoms with van der Waals surface area (Å²) >= 11 is 6.67. The highest BCUT2D eigenvalue weighted by molar-refractivity contribution is 7.94. The number of hydrogen-bond acceptors (Lipinski definition) is 5. The van der Waals surface area contributed by atoms with Crippen LogP contribution in [0, 0.1) is 6.92 Å². The molecule has 0 bridgehead atoms. The van der Waals surface area contributed by atoms with Crippen LogP contribution in [0.2, 0.25) is 4.47 Å². The van der Waals surface area contributed by atoms with Crippen LogP contribution >= 0.6 is 22.9 Å². The van der Waals surface area contributed by atoms with Crippen molar-refractivity contribution in [2.75, 3.05) is 11.8 Å². The molecule has 0 aliphatic rings. The molecule has 0 aliphatic carbocycles. The Morgan fingerprint density at radius 1 is 1.45 bits per heavy atom. The van der Waals surface area contributed by atoms with Gasteiger partial charge in [0.2, 0.25) is 0 Å². The molecule has 2 rings (SSSR count). The lowest BCUT2D eigenvalue weighted by atomic mass is 10.2. The molecule has 8 heteroatoms. The molecular formula is C12H13ClN2O3S2. The lowest BCUT2D eigenvalue weighted by Crippen LogP contribution is -2.12. The Morgan fingerprint density at radius 2 is 2.20 bits per heavy atom. The summed E-state index contributed by atoms with van der Waals surface area (Å²) in [7, 11) is -2.09. The predicted octanol–water partition coefficient (Wildman–Crippen LogP) is 3.05. The van der Waals surface area contributed by atoms with Crippen molar-refractivity contribution in [2.24, 2.45) is 0 Å². The van der Waals surface area contributed by atoms with Crippen LogP contribution in [-0.4, -0.2) is 20.5 Å². The average Bonchev–Trinajstić information content (AvgIpc) is 2.69. The smallest absolute Gasteiger partial charge is 0.273 e. The molecule has 1 aromatic heterocycles. The molecule has 0 saturated heterocycles. The monoisotopic (exact) mass is 332 g/mol. The minimum Gasteiger partial charge on any atom is -0.380 e. The zero-order chi connectivity index (χ0) is 14.8. The molecule has 1 heterocycles. The van der Waals surface area contributed by atoms with E-state index in [4.69, 9.17) is 16.3 Å². The molecule has 0 radical (unpaired) electrons. The van der Waals surface area contributed by atoms with Crippen molar-refractivity contribution in [3.8, 4) is 0 Å². The van der Waals surface area contributed by atoms with Crippen molar-refractivity contribution in [3.63, 3.8) is 0 Å². The van der Waals surface area contributed by atoms with Gasteiger partial charge in [-0.25, -0.2) is 13.4 Å². The zero-order valence-electron chi connectivity index (χ0n) is 10.9. The Hall–Kier alpha value is -1.15. The Bertz CT molecular complexity index is 713. The summed E-state index contributed by atoms with van der Waals surface area (Å²) in [5.74, 6) is 0. The number of rotatable bonds is 5. The van der Waals surface area contributed by atoms with Crippen LogP contribution in [0.4, 0.5) is 5.69 Å². The number of hydrogen-bond donors (Lipinski definition) is 1. The third-order valence-electron chi connectivity index (χ3n) is 2.46. The molecule has 0 amide bonds. The normalized spacial score (nSPS) is 11.6. The van der Waals surface area contributed by atoms with Crippen molar-refractivity contribution in [3.05, 3.63) is 40.0 Å². The van der Waals surface area contributed by atoms with Crippen LogP contribution in [0.15, 0.2) is 28.5 Å². The molecule has 108 valence electrons. The summed E-state index contributed by atoms with van der Waals surface area (Å²) in [6, 6.07) is 7.02. The molecule has 0 spiro atoms. The maximum atomic E-state index is 12.3. The first-order chi connectivity index (χ1) is 9.42. The lowest BCUT2D eigenvalue weighted by Gasteiger charge is -2.08. The second-order valence-corrected chi connectivity index (χ2v) is 7.54. The maximum Gasteiger partial charge on any atom is 0.273 e. The van der Waals surface area contributed by atoms with Crippen LogP contribution in [0.1, 0.15) is 11.3 Å². The number of nitrogens with zero attached hydrogens (tertiary/aromatic N) is 1. The first-order valence-corrected chi connectivity index (χ1v) is 8.34. The van der Waals surface area contributed by atoms with Crippen LogP contribution in [0.5, 0.6) is 0 Å². The topological polar surface area (TPSA) is 68.3 Å². The molecule has 0 fully saturated rings. The van der Waals surface area contributed by atoms with Crippen LogP contribution in [-0.2, 0) is 21.4 Å². The number of benzene rings is 1. The number of halogens is 1. The molecular weight excluding hydrogens is 320 g/mol. The van der Waals surface area contributed by atoms with Crippen LogP contribution < -0.4 is 4.72 Å². The van der Waals surface area contributed by atoms with E-state index >= 15 is 0 Å². The predicted molar refractivity (Wildman–Crippen MR) is 79.8 cm³/mol. The fourth-order valence-electron chi connectivity index (χ4n) is 1.69. The Kier molecular flexibility index (Phi) is 4.64. The molecule has 1 N–H and O–H groups in total. The van der Waals surface area contributed by atoms with E-state index in [1.54, 1.807) is 32.2 Å². The minimum absolute atomic E-state index is 0.125. The number of aromatic nitrogens is 1. The van der Waals surface area contributed by atoms with Gasteiger partial charge in [0, 0.05) is 12.8 Å².